The first-order valence-corrected chi connectivity index (χ1v) is 5.70. The third kappa shape index (κ3) is 2.42. The molecule has 0 aromatic heterocycles. The van der Waals surface area contributed by atoms with Crippen LogP contribution in [-0.2, 0) is 0 Å². The first kappa shape index (κ1) is 11.9. The third-order valence-corrected chi connectivity index (χ3v) is 3.18. The number of phenols is 1. The molecule has 0 radical (unpaired) electrons. The average Bonchev–Trinajstić information content (AvgIpc) is 2.58. The van der Waals surface area contributed by atoms with Crippen molar-refractivity contribution in [3.8, 4) is 5.75 Å². The molecule has 2 rings (SSSR count). The maximum atomic E-state index is 12.2. The Bertz CT molecular complexity index is 454. The summed E-state index contributed by atoms with van der Waals surface area (Å²) in [4.78, 5) is 13.9. The number of amides is 1. The van der Waals surface area contributed by atoms with Crippen LogP contribution in [0.3, 0.4) is 0 Å². The van der Waals surface area contributed by atoms with E-state index < -0.39 is 5.60 Å². The van der Waals surface area contributed by atoms with Crippen LogP contribution in [0.25, 0.3) is 0 Å². The van der Waals surface area contributed by atoms with E-state index in [1.165, 1.54) is 6.07 Å². The Kier molecular flexibility index (Phi) is 2.83. The first-order chi connectivity index (χ1) is 7.89. The zero-order valence-electron chi connectivity index (χ0n) is 10.1. The van der Waals surface area contributed by atoms with Crippen molar-refractivity contribution in [2.75, 3.05) is 13.1 Å². The Balaban J connectivity index is 2.21. The molecule has 0 bridgehead atoms. The van der Waals surface area contributed by atoms with E-state index in [2.05, 4.69) is 0 Å². The number of nitrogens with zero attached hydrogens (tertiary/aromatic N) is 1. The molecule has 1 aliphatic heterocycles. The van der Waals surface area contributed by atoms with Gasteiger partial charge in [-0.15, -0.1) is 0 Å². The first-order valence-electron chi connectivity index (χ1n) is 5.70. The lowest BCUT2D eigenvalue weighted by atomic mass is 10.1. The molecule has 1 aliphatic rings. The van der Waals surface area contributed by atoms with E-state index in [1.807, 2.05) is 0 Å². The highest BCUT2D eigenvalue weighted by Crippen LogP contribution is 2.24. The summed E-state index contributed by atoms with van der Waals surface area (Å²) >= 11 is 0. The lowest BCUT2D eigenvalue weighted by Gasteiger charge is -2.19. The van der Waals surface area contributed by atoms with Gasteiger partial charge in [-0.1, -0.05) is 0 Å². The lowest BCUT2D eigenvalue weighted by Crippen LogP contribution is -2.34. The van der Waals surface area contributed by atoms with Crippen LogP contribution >= 0.6 is 0 Å². The van der Waals surface area contributed by atoms with Crippen molar-refractivity contribution in [3.05, 3.63) is 29.3 Å². The number of benzene rings is 1. The molecular formula is C13H17NO3. The van der Waals surface area contributed by atoms with E-state index in [0.717, 1.165) is 5.56 Å². The summed E-state index contributed by atoms with van der Waals surface area (Å²) in [6, 6.07) is 4.70. The van der Waals surface area contributed by atoms with Crippen molar-refractivity contribution in [1.82, 2.24) is 4.90 Å². The van der Waals surface area contributed by atoms with Gasteiger partial charge in [0.2, 0.25) is 0 Å². The maximum Gasteiger partial charge on any atom is 0.254 e. The highest BCUT2D eigenvalue weighted by molar-refractivity contribution is 5.96. The summed E-state index contributed by atoms with van der Waals surface area (Å²) in [5, 5.41) is 19.1. The highest BCUT2D eigenvalue weighted by Gasteiger charge is 2.34. The number of aromatic hydroxyl groups is 1. The summed E-state index contributed by atoms with van der Waals surface area (Å²) in [6.45, 7) is 4.48. The second-order valence-corrected chi connectivity index (χ2v) is 4.97. The van der Waals surface area contributed by atoms with Crippen molar-refractivity contribution >= 4 is 5.91 Å². The number of hydrogen-bond donors (Lipinski definition) is 2. The van der Waals surface area contributed by atoms with E-state index in [9.17, 15) is 15.0 Å². The van der Waals surface area contributed by atoms with Crippen molar-refractivity contribution in [3.63, 3.8) is 0 Å². The lowest BCUT2D eigenvalue weighted by molar-refractivity contribution is 0.0571. The zero-order chi connectivity index (χ0) is 12.6. The van der Waals surface area contributed by atoms with Crippen molar-refractivity contribution < 1.29 is 15.0 Å². The van der Waals surface area contributed by atoms with Gasteiger partial charge in [-0.05, 0) is 44.0 Å². The van der Waals surface area contributed by atoms with Crippen molar-refractivity contribution in [2.45, 2.75) is 25.9 Å². The quantitative estimate of drug-likeness (QED) is 0.771. The average molecular weight is 235 g/mol. The molecule has 1 saturated heterocycles. The second kappa shape index (κ2) is 4.04. The Hall–Kier alpha value is -1.55. The van der Waals surface area contributed by atoms with E-state index in [4.69, 9.17) is 0 Å². The molecule has 1 atom stereocenters. The van der Waals surface area contributed by atoms with Gasteiger partial charge < -0.3 is 15.1 Å². The minimum absolute atomic E-state index is 0.0831. The van der Waals surface area contributed by atoms with E-state index in [-0.39, 0.29) is 11.7 Å². The number of likely N-dealkylation sites (tertiary alicyclic amines) is 1. The zero-order valence-corrected chi connectivity index (χ0v) is 10.1. The standard InChI is InChI=1S/C13H17NO3/c1-9-7-10(15)3-4-11(9)12(16)14-6-5-13(2,17)8-14/h3-4,7,15,17H,5-6,8H2,1-2H3. The molecule has 1 aromatic carbocycles. The fourth-order valence-corrected chi connectivity index (χ4v) is 2.18. The molecule has 0 saturated carbocycles. The summed E-state index contributed by atoms with van der Waals surface area (Å²) in [6.07, 6.45) is 0.607. The van der Waals surface area contributed by atoms with Crippen LogP contribution in [0.1, 0.15) is 29.3 Å². The Labute approximate surface area is 100 Å². The SMILES string of the molecule is Cc1cc(O)ccc1C(=O)N1CCC(C)(O)C1. The minimum atomic E-state index is -0.777. The predicted molar refractivity (Wildman–Crippen MR) is 64.0 cm³/mol. The highest BCUT2D eigenvalue weighted by atomic mass is 16.3. The fourth-order valence-electron chi connectivity index (χ4n) is 2.18. The number of phenolic OH excluding ortho intramolecular Hbond substituents is 1. The molecular weight excluding hydrogens is 218 g/mol. The molecule has 1 fully saturated rings. The number of aryl methyl sites for hydroxylation is 1. The summed E-state index contributed by atoms with van der Waals surface area (Å²) in [5.74, 6) is 0.0766. The van der Waals surface area contributed by atoms with Gasteiger partial charge in [0.05, 0.1) is 5.60 Å². The molecule has 2 N–H and O–H groups in total. The topological polar surface area (TPSA) is 60.8 Å². The van der Waals surface area contributed by atoms with Gasteiger partial charge in [-0.25, -0.2) is 0 Å². The molecule has 1 heterocycles. The van der Waals surface area contributed by atoms with Gasteiger partial charge in [0.25, 0.3) is 5.91 Å². The molecule has 1 amide bonds. The van der Waals surface area contributed by atoms with E-state index in [1.54, 1.807) is 30.9 Å². The van der Waals surface area contributed by atoms with Crippen LogP contribution in [-0.4, -0.2) is 39.7 Å². The predicted octanol–water partition coefficient (Wildman–Crippen LogP) is 1.30. The Morgan fingerprint density at radius 3 is 2.71 bits per heavy atom. The van der Waals surface area contributed by atoms with Gasteiger partial charge in [0.1, 0.15) is 5.75 Å². The molecule has 1 aromatic rings. The van der Waals surface area contributed by atoms with Crippen molar-refractivity contribution in [2.24, 2.45) is 0 Å². The van der Waals surface area contributed by atoms with Gasteiger partial charge in [0.15, 0.2) is 0 Å². The van der Waals surface area contributed by atoms with E-state index in [0.29, 0.717) is 25.1 Å². The van der Waals surface area contributed by atoms with Gasteiger partial charge in [-0.2, -0.15) is 0 Å². The van der Waals surface area contributed by atoms with E-state index >= 15 is 0 Å². The van der Waals surface area contributed by atoms with Crippen LogP contribution in [0.5, 0.6) is 5.75 Å². The smallest absolute Gasteiger partial charge is 0.254 e. The number of carbonyl (C=O) groups is 1. The molecule has 1 unspecified atom stereocenters. The molecule has 17 heavy (non-hydrogen) atoms. The minimum Gasteiger partial charge on any atom is -0.508 e. The number of rotatable bonds is 1. The van der Waals surface area contributed by atoms with Gasteiger partial charge in [-0.3, -0.25) is 4.79 Å². The fraction of sp³-hybridized carbons (Fsp3) is 0.462. The van der Waals surface area contributed by atoms with Crippen LogP contribution in [0.4, 0.5) is 0 Å². The van der Waals surface area contributed by atoms with Crippen LogP contribution in [0.15, 0.2) is 18.2 Å². The number of β-amino-alcohol motifs (C(OH)–C–C–N with tert-alkyl or cyclic N) is 1. The molecule has 4 nitrogen and oxygen atoms in total. The summed E-state index contributed by atoms with van der Waals surface area (Å²) < 4.78 is 0. The molecule has 4 heteroatoms. The molecule has 0 aliphatic carbocycles. The Morgan fingerprint density at radius 1 is 1.47 bits per heavy atom. The normalized spacial score (nSPS) is 24.1. The third-order valence-electron chi connectivity index (χ3n) is 3.18. The van der Waals surface area contributed by atoms with Gasteiger partial charge in [0, 0.05) is 18.7 Å². The molecule has 92 valence electrons. The number of aliphatic hydroxyl groups is 1. The summed E-state index contributed by atoms with van der Waals surface area (Å²) in [7, 11) is 0. The number of hydrogen-bond acceptors (Lipinski definition) is 3. The summed E-state index contributed by atoms with van der Waals surface area (Å²) in [5.41, 5.74) is 0.558. The molecule has 0 spiro atoms. The maximum absolute atomic E-state index is 12.2. The Morgan fingerprint density at radius 2 is 2.18 bits per heavy atom. The van der Waals surface area contributed by atoms with Crippen molar-refractivity contribution in [1.29, 1.82) is 0 Å². The number of carbonyl (C=O) groups excluding carboxylic acids is 1. The second-order valence-electron chi connectivity index (χ2n) is 4.97. The van der Waals surface area contributed by atoms with Crippen LogP contribution < -0.4 is 0 Å². The van der Waals surface area contributed by atoms with Gasteiger partial charge >= 0.3 is 0 Å². The largest absolute Gasteiger partial charge is 0.508 e. The van der Waals surface area contributed by atoms with Crippen LogP contribution in [0.2, 0.25) is 0 Å². The monoisotopic (exact) mass is 235 g/mol. The van der Waals surface area contributed by atoms with Crippen LogP contribution in [0, 0.1) is 6.92 Å².